The van der Waals surface area contributed by atoms with E-state index in [1.165, 1.54) is 0 Å². The van der Waals surface area contributed by atoms with Crippen LogP contribution in [0, 0.1) is 0 Å². The van der Waals surface area contributed by atoms with Crippen molar-refractivity contribution in [2.24, 2.45) is 0 Å². The first kappa shape index (κ1) is 18.5. The summed E-state index contributed by atoms with van der Waals surface area (Å²) in [7, 11) is 1.68. The van der Waals surface area contributed by atoms with Crippen LogP contribution in [0.4, 0.5) is 11.5 Å². The molecule has 1 aromatic heterocycles. The summed E-state index contributed by atoms with van der Waals surface area (Å²) in [5.74, 6) is 1.58. The summed E-state index contributed by atoms with van der Waals surface area (Å²) < 4.78 is 10.8. The molecule has 2 aromatic rings. The van der Waals surface area contributed by atoms with Gasteiger partial charge in [0.1, 0.15) is 5.75 Å². The van der Waals surface area contributed by atoms with Crippen LogP contribution in [0.5, 0.6) is 5.75 Å². The molecule has 1 amide bonds. The number of morpholine rings is 1. The number of nitrogens with zero attached hydrogens (tertiary/aromatic N) is 5. The molecule has 0 saturated carbocycles. The molecular weight excluding hydrogens is 358 g/mol. The first-order valence-electron chi connectivity index (χ1n) is 9.60. The molecule has 2 fully saturated rings. The van der Waals surface area contributed by atoms with Crippen molar-refractivity contribution in [2.45, 2.75) is 0 Å². The van der Waals surface area contributed by atoms with Gasteiger partial charge in [0.2, 0.25) is 0 Å². The summed E-state index contributed by atoms with van der Waals surface area (Å²) in [6.07, 6.45) is 0. The number of carbonyl (C=O) groups is 1. The van der Waals surface area contributed by atoms with Gasteiger partial charge in [0.15, 0.2) is 11.5 Å². The van der Waals surface area contributed by atoms with E-state index < -0.39 is 0 Å². The lowest BCUT2D eigenvalue weighted by Crippen LogP contribution is -2.49. The number of aromatic nitrogens is 2. The maximum atomic E-state index is 12.8. The third-order valence-electron chi connectivity index (χ3n) is 5.20. The Hall–Kier alpha value is -2.87. The van der Waals surface area contributed by atoms with E-state index in [1.807, 2.05) is 35.2 Å². The largest absolute Gasteiger partial charge is 0.495 e. The highest BCUT2D eigenvalue weighted by Crippen LogP contribution is 2.28. The third-order valence-corrected chi connectivity index (χ3v) is 5.20. The number of hydrogen-bond acceptors (Lipinski definition) is 7. The van der Waals surface area contributed by atoms with Crippen LogP contribution >= 0.6 is 0 Å². The second-order valence-electron chi connectivity index (χ2n) is 6.83. The Labute approximate surface area is 164 Å². The number of methoxy groups -OCH3 is 1. The highest BCUT2D eigenvalue weighted by atomic mass is 16.5. The van der Waals surface area contributed by atoms with Gasteiger partial charge in [0, 0.05) is 39.3 Å². The predicted octanol–water partition coefficient (Wildman–Crippen LogP) is 1.28. The number of ether oxygens (including phenoxy) is 2. The van der Waals surface area contributed by atoms with Gasteiger partial charge in [-0.2, -0.15) is 0 Å². The predicted molar refractivity (Wildman–Crippen MR) is 106 cm³/mol. The van der Waals surface area contributed by atoms with Crippen LogP contribution in [-0.4, -0.2) is 80.6 Å². The Morgan fingerprint density at radius 2 is 1.68 bits per heavy atom. The van der Waals surface area contributed by atoms with E-state index >= 15 is 0 Å². The minimum atomic E-state index is -0.0688. The monoisotopic (exact) mass is 383 g/mol. The summed E-state index contributed by atoms with van der Waals surface area (Å²) in [5.41, 5.74) is 1.45. The molecule has 1 aromatic carbocycles. The van der Waals surface area contributed by atoms with Crippen LogP contribution in [0.25, 0.3) is 0 Å². The van der Waals surface area contributed by atoms with Gasteiger partial charge in [-0.3, -0.25) is 4.79 Å². The molecule has 2 saturated heterocycles. The Morgan fingerprint density at radius 3 is 2.36 bits per heavy atom. The fourth-order valence-corrected chi connectivity index (χ4v) is 3.60. The van der Waals surface area contributed by atoms with E-state index in [9.17, 15) is 4.79 Å². The standard InChI is InChI=1S/C20H25N5O3/c1-27-18-5-3-2-4-17(18)23-8-10-25(11-9-23)20(26)16-6-7-19(22-21-16)24-12-14-28-15-13-24/h2-7H,8-15H2,1H3. The van der Waals surface area contributed by atoms with Crippen molar-refractivity contribution in [1.29, 1.82) is 0 Å². The lowest BCUT2D eigenvalue weighted by molar-refractivity contribution is 0.0739. The minimum Gasteiger partial charge on any atom is -0.495 e. The quantitative estimate of drug-likeness (QED) is 0.788. The molecule has 8 heteroatoms. The van der Waals surface area contributed by atoms with Gasteiger partial charge in [0.05, 0.1) is 26.0 Å². The molecule has 2 aliphatic rings. The van der Waals surface area contributed by atoms with Crippen molar-refractivity contribution in [3.8, 4) is 5.75 Å². The molecule has 0 radical (unpaired) electrons. The summed E-state index contributed by atoms with van der Waals surface area (Å²) >= 11 is 0. The molecule has 0 bridgehead atoms. The van der Waals surface area contributed by atoms with Crippen molar-refractivity contribution in [2.75, 3.05) is 69.4 Å². The van der Waals surface area contributed by atoms with Crippen LogP contribution in [-0.2, 0) is 4.74 Å². The molecule has 2 aliphatic heterocycles. The van der Waals surface area contributed by atoms with Crippen molar-refractivity contribution >= 4 is 17.4 Å². The SMILES string of the molecule is COc1ccccc1N1CCN(C(=O)c2ccc(N3CCOCC3)nn2)CC1. The van der Waals surface area contributed by atoms with Gasteiger partial charge in [0.25, 0.3) is 5.91 Å². The molecule has 28 heavy (non-hydrogen) atoms. The first-order chi connectivity index (χ1) is 13.8. The lowest BCUT2D eigenvalue weighted by atomic mass is 10.2. The molecule has 0 spiro atoms. The summed E-state index contributed by atoms with van der Waals surface area (Å²) in [5, 5.41) is 8.43. The van der Waals surface area contributed by atoms with Gasteiger partial charge >= 0.3 is 0 Å². The smallest absolute Gasteiger partial charge is 0.274 e. The Bertz CT molecular complexity index is 800. The van der Waals surface area contributed by atoms with E-state index in [1.54, 1.807) is 13.2 Å². The Balaban J connectivity index is 1.37. The average molecular weight is 383 g/mol. The number of carbonyl (C=O) groups excluding carboxylic acids is 1. The van der Waals surface area contributed by atoms with E-state index in [0.29, 0.717) is 32.0 Å². The molecule has 0 atom stereocenters. The highest BCUT2D eigenvalue weighted by molar-refractivity contribution is 5.92. The maximum absolute atomic E-state index is 12.8. The van der Waals surface area contributed by atoms with E-state index in [0.717, 1.165) is 43.4 Å². The molecule has 0 aliphatic carbocycles. The first-order valence-corrected chi connectivity index (χ1v) is 9.60. The number of piperazine rings is 1. The van der Waals surface area contributed by atoms with Gasteiger partial charge in [-0.25, -0.2) is 0 Å². The minimum absolute atomic E-state index is 0.0688. The summed E-state index contributed by atoms with van der Waals surface area (Å²) in [6.45, 7) is 5.78. The van der Waals surface area contributed by atoms with Gasteiger partial charge < -0.3 is 24.2 Å². The topological polar surface area (TPSA) is 71.0 Å². The zero-order chi connectivity index (χ0) is 19.3. The fourth-order valence-electron chi connectivity index (χ4n) is 3.60. The molecule has 3 heterocycles. The van der Waals surface area contributed by atoms with Gasteiger partial charge in [-0.15, -0.1) is 10.2 Å². The number of anilines is 2. The highest BCUT2D eigenvalue weighted by Gasteiger charge is 2.25. The fraction of sp³-hybridized carbons (Fsp3) is 0.450. The second-order valence-corrected chi connectivity index (χ2v) is 6.83. The number of para-hydroxylation sites is 2. The van der Waals surface area contributed by atoms with Crippen LogP contribution in [0.1, 0.15) is 10.5 Å². The number of amides is 1. The second kappa shape index (κ2) is 8.43. The summed E-state index contributed by atoms with van der Waals surface area (Å²) in [6, 6.07) is 11.6. The molecule has 0 N–H and O–H groups in total. The van der Waals surface area contributed by atoms with Crippen LogP contribution < -0.4 is 14.5 Å². The van der Waals surface area contributed by atoms with E-state index in [2.05, 4.69) is 20.0 Å². The molecular formula is C20H25N5O3. The van der Waals surface area contributed by atoms with Crippen LogP contribution in [0.3, 0.4) is 0 Å². The van der Waals surface area contributed by atoms with Gasteiger partial charge in [-0.05, 0) is 24.3 Å². The molecule has 0 unspecified atom stereocenters. The zero-order valence-corrected chi connectivity index (χ0v) is 16.1. The average Bonchev–Trinajstić information content (AvgIpc) is 2.79. The molecule has 8 nitrogen and oxygen atoms in total. The van der Waals surface area contributed by atoms with Crippen molar-refractivity contribution in [1.82, 2.24) is 15.1 Å². The van der Waals surface area contributed by atoms with Crippen LogP contribution in [0.2, 0.25) is 0 Å². The molecule has 4 rings (SSSR count). The van der Waals surface area contributed by atoms with Crippen molar-refractivity contribution < 1.29 is 14.3 Å². The normalized spacial score (nSPS) is 17.5. The van der Waals surface area contributed by atoms with E-state index in [-0.39, 0.29) is 5.91 Å². The van der Waals surface area contributed by atoms with Crippen molar-refractivity contribution in [3.63, 3.8) is 0 Å². The van der Waals surface area contributed by atoms with Gasteiger partial charge in [-0.1, -0.05) is 12.1 Å². The number of benzene rings is 1. The Morgan fingerprint density at radius 1 is 0.929 bits per heavy atom. The summed E-state index contributed by atoms with van der Waals surface area (Å²) in [4.78, 5) is 19.0. The maximum Gasteiger partial charge on any atom is 0.274 e. The van der Waals surface area contributed by atoms with Crippen molar-refractivity contribution in [3.05, 3.63) is 42.1 Å². The number of hydrogen-bond donors (Lipinski definition) is 0. The van der Waals surface area contributed by atoms with E-state index in [4.69, 9.17) is 9.47 Å². The zero-order valence-electron chi connectivity index (χ0n) is 16.1. The Kier molecular flexibility index (Phi) is 5.57. The lowest BCUT2D eigenvalue weighted by Gasteiger charge is -2.36. The number of rotatable bonds is 4. The van der Waals surface area contributed by atoms with Crippen LogP contribution in [0.15, 0.2) is 36.4 Å². The third kappa shape index (κ3) is 3.87. The molecule has 148 valence electrons.